The molecule has 0 aliphatic rings. The van der Waals surface area contributed by atoms with Crippen LogP contribution >= 0.6 is 0 Å². The highest BCUT2D eigenvalue weighted by Gasteiger charge is 2.17. The summed E-state index contributed by atoms with van der Waals surface area (Å²) in [6.45, 7) is 6.66. The summed E-state index contributed by atoms with van der Waals surface area (Å²) in [6.07, 6.45) is 0.485. The molecule has 0 aliphatic carbocycles. The van der Waals surface area contributed by atoms with Gasteiger partial charge in [-0.15, -0.1) is 0 Å². The minimum atomic E-state index is -0.0730. The highest BCUT2D eigenvalue weighted by molar-refractivity contribution is 6.04. The number of nitrogens with zero attached hydrogens (tertiary/aromatic N) is 1. The molecule has 1 amide bonds. The Morgan fingerprint density at radius 3 is 2.52 bits per heavy atom. The molecular formula is C22H24N4O. The maximum absolute atomic E-state index is 10.6. The van der Waals surface area contributed by atoms with Crippen LogP contribution in [-0.4, -0.2) is 17.4 Å². The minimum absolute atomic E-state index is 0.0730. The van der Waals surface area contributed by atoms with Crippen LogP contribution in [0.4, 0.5) is 5.69 Å². The van der Waals surface area contributed by atoms with Crippen molar-refractivity contribution in [2.75, 3.05) is 5.32 Å². The van der Waals surface area contributed by atoms with Gasteiger partial charge in [-0.1, -0.05) is 63.2 Å². The highest BCUT2D eigenvalue weighted by atomic mass is 16.1. The molecule has 1 atom stereocenters. The van der Waals surface area contributed by atoms with E-state index in [1.54, 1.807) is 0 Å². The second-order valence-electron chi connectivity index (χ2n) is 6.95. The summed E-state index contributed by atoms with van der Waals surface area (Å²) < 4.78 is 0. The van der Waals surface area contributed by atoms with Crippen LogP contribution in [0.1, 0.15) is 32.3 Å². The molecule has 5 nitrogen and oxygen atoms in total. The van der Waals surface area contributed by atoms with Crippen molar-refractivity contribution >= 4 is 29.0 Å². The number of guanidine groups is 1. The molecule has 0 saturated heterocycles. The fourth-order valence-electron chi connectivity index (χ4n) is 3.13. The van der Waals surface area contributed by atoms with Gasteiger partial charge in [0, 0.05) is 10.9 Å². The molecule has 2 aromatic carbocycles. The number of hydrogen-bond acceptors (Lipinski definition) is 3. The first-order chi connectivity index (χ1) is 13.0. The number of benzene rings is 2. The van der Waals surface area contributed by atoms with Crippen molar-refractivity contribution in [1.29, 1.82) is 5.41 Å². The van der Waals surface area contributed by atoms with Crippen molar-refractivity contribution in [2.45, 2.75) is 26.7 Å². The molecule has 5 heteroatoms. The van der Waals surface area contributed by atoms with Gasteiger partial charge in [-0.25, -0.2) is 4.98 Å². The Hall–Kier alpha value is -3.21. The van der Waals surface area contributed by atoms with Crippen molar-refractivity contribution in [2.24, 2.45) is 5.92 Å². The van der Waals surface area contributed by atoms with Crippen LogP contribution in [-0.2, 0) is 4.79 Å². The molecule has 27 heavy (non-hydrogen) atoms. The molecule has 1 heterocycles. The summed E-state index contributed by atoms with van der Waals surface area (Å²) in [7, 11) is 0. The lowest BCUT2D eigenvalue weighted by molar-refractivity contribution is -0.108. The normalized spacial score (nSPS) is 12.0. The van der Waals surface area contributed by atoms with E-state index in [1.165, 1.54) is 5.56 Å². The fraction of sp³-hybridized carbons (Fsp3) is 0.227. The number of carbonyl (C=O) groups excluding carboxylic acids is 1. The van der Waals surface area contributed by atoms with E-state index >= 15 is 0 Å². The third-order valence-corrected chi connectivity index (χ3v) is 4.91. The molecule has 0 saturated carbocycles. The average molecular weight is 360 g/mol. The Labute approximate surface area is 159 Å². The van der Waals surface area contributed by atoms with Crippen molar-refractivity contribution in [1.82, 2.24) is 10.3 Å². The van der Waals surface area contributed by atoms with Crippen LogP contribution in [0.5, 0.6) is 0 Å². The fourth-order valence-corrected chi connectivity index (χ4v) is 3.13. The summed E-state index contributed by atoms with van der Waals surface area (Å²) in [5.41, 5.74) is 4.76. The van der Waals surface area contributed by atoms with Crippen molar-refractivity contribution in [3.63, 3.8) is 0 Å². The molecule has 138 valence electrons. The van der Waals surface area contributed by atoms with Gasteiger partial charge in [-0.05, 0) is 29.5 Å². The third-order valence-electron chi connectivity index (χ3n) is 4.91. The lowest BCUT2D eigenvalue weighted by Gasteiger charge is -2.20. The number of fused-ring (bicyclic) bond motifs is 1. The Kier molecular flexibility index (Phi) is 5.50. The summed E-state index contributed by atoms with van der Waals surface area (Å²) >= 11 is 0. The van der Waals surface area contributed by atoms with E-state index in [1.807, 2.05) is 36.4 Å². The number of carbonyl (C=O) groups is 1. The molecule has 0 radical (unpaired) electrons. The van der Waals surface area contributed by atoms with Gasteiger partial charge in [0.15, 0.2) is 5.96 Å². The maximum atomic E-state index is 10.6. The number of hydrogen-bond donors (Lipinski definition) is 3. The molecule has 1 unspecified atom stereocenters. The van der Waals surface area contributed by atoms with Gasteiger partial charge in [0.25, 0.3) is 0 Å². The van der Waals surface area contributed by atoms with Crippen LogP contribution in [0.15, 0.2) is 54.6 Å². The molecule has 1 aromatic heterocycles. The van der Waals surface area contributed by atoms with E-state index < -0.39 is 0 Å². The molecular weight excluding hydrogens is 336 g/mol. The molecule has 3 N–H and O–H groups in total. The number of amides is 1. The molecule has 3 aromatic rings. The zero-order valence-electron chi connectivity index (χ0n) is 15.8. The quantitative estimate of drug-likeness (QED) is 0.349. The molecule has 0 aliphatic heterocycles. The zero-order chi connectivity index (χ0) is 19.4. The summed E-state index contributed by atoms with van der Waals surface area (Å²) in [6, 6.07) is 18.0. The molecule has 3 rings (SSSR count). The molecule has 0 fully saturated rings. The van der Waals surface area contributed by atoms with Gasteiger partial charge in [-0.2, -0.15) is 0 Å². The second kappa shape index (κ2) is 7.99. The Morgan fingerprint density at radius 1 is 1.07 bits per heavy atom. The number of aromatic nitrogens is 1. The minimum Gasteiger partial charge on any atom is -0.325 e. The van der Waals surface area contributed by atoms with Gasteiger partial charge in [0.2, 0.25) is 6.41 Å². The first-order valence-corrected chi connectivity index (χ1v) is 9.06. The van der Waals surface area contributed by atoms with Crippen LogP contribution in [0.2, 0.25) is 0 Å². The van der Waals surface area contributed by atoms with Crippen LogP contribution < -0.4 is 10.6 Å². The van der Waals surface area contributed by atoms with Gasteiger partial charge in [0.05, 0.1) is 16.9 Å². The highest BCUT2D eigenvalue weighted by Crippen LogP contribution is 2.35. The van der Waals surface area contributed by atoms with E-state index in [0.29, 0.717) is 18.2 Å². The summed E-state index contributed by atoms with van der Waals surface area (Å²) in [4.78, 5) is 15.5. The van der Waals surface area contributed by atoms with E-state index in [0.717, 1.165) is 27.8 Å². The number of anilines is 1. The number of pyridine rings is 1. The summed E-state index contributed by atoms with van der Waals surface area (Å²) in [5, 5.41) is 14.1. The van der Waals surface area contributed by atoms with Crippen LogP contribution in [0.25, 0.3) is 22.2 Å². The Bertz CT molecular complexity index is 981. The van der Waals surface area contributed by atoms with Crippen LogP contribution in [0, 0.1) is 11.3 Å². The molecule has 0 spiro atoms. The number of para-hydroxylation sites is 1. The van der Waals surface area contributed by atoms with E-state index in [9.17, 15) is 4.79 Å². The topological polar surface area (TPSA) is 77.9 Å². The smallest absolute Gasteiger partial charge is 0.213 e. The predicted molar refractivity (Wildman–Crippen MR) is 111 cm³/mol. The number of nitrogens with one attached hydrogen (secondary N) is 3. The average Bonchev–Trinajstić information content (AvgIpc) is 2.67. The van der Waals surface area contributed by atoms with Gasteiger partial charge in [0.1, 0.15) is 0 Å². The Balaban J connectivity index is 2.16. The van der Waals surface area contributed by atoms with Crippen LogP contribution in [0.3, 0.4) is 0 Å². The van der Waals surface area contributed by atoms with Crippen molar-refractivity contribution in [3.05, 3.63) is 60.2 Å². The van der Waals surface area contributed by atoms with Gasteiger partial charge < -0.3 is 5.32 Å². The first-order valence-electron chi connectivity index (χ1n) is 9.06. The maximum Gasteiger partial charge on any atom is 0.213 e. The monoisotopic (exact) mass is 360 g/mol. The number of rotatable bonds is 5. The largest absolute Gasteiger partial charge is 0.325 e. The zero-order valence-corrected chi connectivity index (χ0v) is 15.8. The van der Waals surface area contributed by atoms with Gasteiger partial charge >= 0.3 is 0 Å². The second-order valence-corrected chi connectivity index (χ2v) is 6.95. The van der Waals surface area contributed by atoms with E-state index in [4.69, 9.17) is 10.4 Å². The lowest BCUT2D eigenvalue weighted by atomic mass is 9.86. The predicted octanol–water partition coefficient (Wildman–Crippen LogP) is 4.75. The molecule has 0 bridgehead atoms. The van der Waals surface area contributed by atoms with Crippen molar-refractivity contribution in [3.8, 4) is 11.3 Å². The van der Waals surface area contributed by atoms with E-state index in [2.05, 4.69) is 49.6 Å². The third kappa shape index (κ3) is 3.97. The van der Waals surface area contributed by atoms with Gasteiger partial charge in [-0.3, -0.25) is 15.5 Å². The Morgan fingerprint density at radius 2 is 1.78 bits per heavy atom. The summed E-state index contributed by atoms with van der Waals surface area (Å²) in [5.74, 6) is 0.825. The standard InChI is InChI=1S/C22H24N4O/c1-14(2)15(3)16-8-4-5-9-17(16)20-12-21(26-22(23)24-13-27)18-10-6-7-11-19(18)25-20/h4-15H,1-3H3,(H3,23,24,25,26,27). The van der Waals surface area contributed by atoms with Crippen molar-refractivity contribution < 1.29 is 4.79 Å². The van der Waals surface area contributed by atoms with E-state index in [-0.39, 0.29) is 5.96 Å². The lowest BCUT2D eigenvalue weighted by Crippen LogP contribution is -2.28. The SMILES string of the molecule is CC(C)C(C)c1ccccc1-c1cc(NC(=N)NC=O)c2ccccc2n1. The first kappa shape index (κ1) is 18.6.